The van der Waals surface area contributed by atoms with Crippen LogP contribution in [0.2, 0.25) is 0 Å². The first kappa shape index (κ1) is 23.9. The van der Waals surface area contributed by atoms with Crippen LogP contribution in [0.25, 0.3) is 0 Å². The van der Waals surface area contributed by atoms with Crippen LogP contribution in [0.3, 0.4) is 0 Å². The lowest BCUT2D eigenvalue weighted by Crippen LogP contribution is -2.38. The molecule has 2 rings (SSSR count). The predicted molar refractivity (Wildman–Crippen MR) is 123 cm³/mol. The molecule has 7 heteroatoms. The number of nitrogens with one attached hydrogen (secondary N) is 2. The van der Waals surface area contributed by atoms with Gasteiger partial charge in [0, 0.05) is 32.4 Å². The second kappa shape index (κ2) is 14.0. The number of ether oxygens (including phenoxy) is 1. The molecule has 0 bridgehead atoms. The quantitative estimate of drug-likeness (QED) is 0.254. The van der Waals surface area contributed by atoms with Crippen LogP contribution in [-0.2, 0) is 6.54 Å². The van der Waals surface area contributed by atoms with Crippen molar-refractivity contribution in [2.45, 2.75) is 58.6 Å². The van der Waals surface area contributed by atoms with Crippen molar-refractivity contribution in [2.24, 2.45) is 4.99 Å². The molecule has 0 unspecified atom stereocenters. The van der Waals surface area contributed by atoms with Crippen LogP contribution in [0.5, 0.6) is 5.88 Å². The zero-order valence-corrected chi connectivity index (χ0v) is 19.4. The molecule has 1 saturated heterocycles. The third-order valence-corrected chi connectivity index (χ3v) is 4.48. The summed E-state index contributed by atoms with van der Waals surface area (Å²) in [5.74, 6) is 1.50. The van der Waals surface area contributed by atoms with Gasteiger partial charge in [0.25, 0.3) is 0 Å². The molecule has 0 spiro atoms. The van der Waals surface area contributed by atoms with E-state index in [9.17, 15) is 0 Å². The summed E-state index contributed by atoms with van der Waals surface area (Å²) in [6.07, 6.45) is 8.62. The van der Waals surface area contributed by atoms with Crippen molar-refractivity contribution >= 4 is 29.9 Å². The Bertz CT molecular complexity index is 528. The average Bonchev–Trinajstić information content (AvgIpc) is 2.91. The zero-order chi connectivity index (χ0) is 18.6. The number of hydrogen-bond donors (Lipinski definition) is 2. The minimum absolute atomic E-state index is 0. The first-order valence-electron chi connectivity index (χ1n) is 9.96. The van der Waals surface area contributed by atoms with Gasteiger partial charge < -0.3 is 20.3 Å². The molecule has 2 heterocycles. The van der Waals surface area contributed by atoms with Gasteiger partial charge in [0.1, 0.15) is 0 Å². The summed E-state index contributed by atoms with van der Waals surface area (Å²) >= 11 is 0. The molecule has 1 aliphatic heterocycles. The number of hydrogen-bond acceptors (Lipinski definition) is 4. The Balaban J connectivity index is 0.00000364. The van der Waals surface area contributed by atoms with E-state index in [1.807, 2.05) is 39.2 Å². The minimum Gasteiger partial charge on any atom is -0.475 e. The number of nitrogens with zero attached hydrogens (tertiary/aromatic N) is 3. The van der Waals surface area contributed by atoms with Gasteiger partial charge >= 0.3 is 0 Å². The zero-order valence-electron chi connectivity index (χ0n) is 17.0. The first-order valence-corrected chi connectivity index (χ1v) is 9.96. The predicted octanol–water partition coefficient (Wildman–Crippen LogP) is 3.42. The fourth-order valence-electron chi connectivity index (χ4n) is 3.10. The van der Waals surface area contributed by atoms with Crippen LogP contribution in [0.4, 0.5) is 0 Å². The average molecular weight is 489 g/mol. The highest BCUT2D eigenvalue weighted by Crippen LogP contribution is 2.10. The maximum absolute atomic E-state index is 5.57. The molecule has 6 nitrogen and oxygen atoms in total. The van der Waals surface area contributed by atoms with E-state index in [0.29, 0.717) is 12.4 Å². The van der Waals surface area contributed by atoms with E-state index in [1.54, 1.807) is 0 Å². The fourth-order valence-corrected chi connectivity index (χ4v) is 3.10. The van der Waals surface area contributed by atoms with Gasteiger partial charge in [-0.2, -0.15) is 0 Å². The number of aromatic nitrogens is 1. The minimum atomic E-state index is 0. The van der Waals surface area contributed by atoms with Crippen LogP contribution in [-0.4, -0.2) is 55.2 Å². The molecule has 1 aliphatic rings. The Morgan fingerprint density at radius 3 is 2.52 bits per heavy atom. The Morgan fingerprint density at radius 1 is 1.19 bits per heavy atom. The highest BCUT2D eigenvalue weighted by molar-refractivity contribution is 14.0. The molecular weight excluding hydrogens is 453 g/mol. The molecule has 0 aliphatic carbocycles. The smallest absolute Gasteiger partial charge is 0.213 e. The molecule has 1 aromatic heterocycles. The second-order valence-electron chi connectivity index (χ2n) is 7.13. The molecular formula is C20H36IN5O. The number of guanidine groups is 1. The fraction of sp³-hybridized carbons (Fsp3) is 0.700. The SMILES string of the molecule is CN=C(NCCCN1CCCCCC1)NCc1ccc(OC(C)C)nc1.I. The summed E-state index contributed by atoms with van der Waals surface area (Å²) in [6, 6.07) is 3.94. The number of halogens is 1. The van der Waals surface area contributed by atoms with Gasteiger partial charge in [-0.1, -0.05) is 18.9 Å². The van der Waals surface area contributed by atoms with Crippen molar-refractivity contribution in [2.75, 3.05) is 33.2 Å². The molecule has 0 saturated carbocycles. The van der Waals surface area contributed by atoms with Crippen molar-refractivity contribution in [3.63, 3.8) is 0 Å². The molecule has 0 atom stereocenters. The van der Waals surface area contributed by atoms with Crippen LogP contribution < -0.4 is 15.4 Å². The van der Waals surface area contributed by atoms with Gasteiger partial charge in [-0.3, -0.25) is 4.99 Å². The number of likely N-dealkylation sites (tertiary alicyclic amines) is 1. The summed E-state index contributed by atoms with van der Waals surface area (Å²) in [4.78, 5) is 11.2. The van der Waals surface area contributed by atoms with E-state index < -0.39 is 0 Å². The molecule has 0 amide bonds. The maximum atomic E-state index is 5.57. The molecule has 2 N–H and O–H groups in total. The standard InChI is InChI=1S/C20H35N5O.HI/c1-17(2)26-19-10-9-18(15-23-19)16-24-20(21-3)22-11-8-14-25-12-6-4-5-7-13-25;/h9-10,15,17H,4-8,11-14,16H2,1-3H3,(H2,21,22,24);1H. The van der Waals surface area contributed by atoms with E-state index in [0.717, 1.165) is 24.5 Å². The monoisotopic (exact) mass is 489 g/mol. The Labute approximate surface area is 181 Å². The van der Waals surface area contributed by atoms with Gasteiger partial charge in [0.15, 0.2) is 5.96 Å². The topological polar surface area (TPSA) is 61.8 Å². The maximum Gasteiger partial charge on any atom is 0.213 e. The lowest BCUT2D eigenvalue weighted by atomic mass is 10.2. The summed E-state index contributed by atoms with van der Waals surface area (Å²) in [7, 11) is 1.81. The normalized spacial score (nSPS) is 15.8. The highest BCUT2D eigenvalue weighted by atomic mass is 127. The molecule has 1 fully saturated rings. The molecule has 154 valence electrons. The van der Waals surface area contributed by atoms with Crippen molar-refractivity contribution in [3.8, 4) is 5.88 Å². The van der Waals surface area contributed by atoms with E-state index in [4.69, 9.17) is 4.74 Å². The molecule has 0 radical (unpaired) electrons. The summed E-state index contributed by atoms with van der Waals surface area (Å²) < 4.78 is 5.57. The first-order chi connectivity index (χ1) is 12.7. The molecule has 0 aromatic carbocycles. The third-order valence-electron chi connectivity index (χ3n) is 4.48. The van der Waals surface area contributed by atoms with E-state index >= 15 is 0 Å². The molecule has 27 heavy (non-hydrogen) atoms. The third kappa shape index (κ3) is 10.1. The van der Waals surface area contributed by atoms with Gasteiger partial charge in [-0.05, 0) is 58.3 Å². The van der Waals surface area contributed by atoms with Crippen molar-refractivity contribution in [3.05, 3.63) is 23.9 Å². The Morgan fingerprint density at radius 2 is 1.93 bits per heavy atom. The van der Waals surface area contributed by atoms with E-state index in [1.165, 1.54) is 45.3 Å². The van der Waals surface area contributed by atoms with Crippen LogP contribution in [0.15, 0.2) is 23.3 Å². The van der Waals surface area contributed by atoms with Crippen LogP contribution in [0.1, 0.15) is 51.5 Å². The van der Waals surface area contributed by atoms with Gasteiger partial charge in [-0.25, -0.2) is 4.98 Å². The van der Waals surface area contributed by atoms with Crippen molar-refractivity contribution in [1.29, 1.82) is 0 Å². The van der Waals surface area contributed by atoms with Crippen molar-refractivity contribution in [1.82, 2.24) is 20.5 Å². The van der Waals surface area contributed by atoms with Crippen LogP contribution >= 0.6 is 24.0 Å². The molecule has 1 aromatic rings. The number of aliphatic imine (C=N–C) groups is 1. The second-order valence-corrected chi connectivity index (χ2v) is 7.13. The van der Waals surface area contributed by atoms with Crippen LogP contribution in [0, 0.1) is 0 Å². The van der Waals surface area contributed by atoms with Gasteiger partial charge in [0.2, 0.25) is 5.88 Å². The lowest BCUT2D eigenvalue weighted by Gasteiger charge is -2.20. The summed E-state index contributed by atoms with van der Waals surface area (Å²) in [5, 5.41) is 6.74. The van der Waals surface area contributed by atoms with Gasteiger partial charge in [-0.15, -0.1) is 24.0 Å². The summed E-state index contributed by atoms with van der Waals surface area (Å²) in [6.45, 7) is 9.33. The number of rotatable bonds is 8. The Hall–Kier alpha value is -1.09. The van der Waals surface area contributed by atoms with Gasteiger partial charge in [0.05, 0.1) is 6.10 Å². The highest BCUT2D eigenvalue weighted by Gasteiger charge is 2.08. The summed E-state index contributed by atoms with van der Waals surface area (Å²) in [5.41, 5.74) is 1.11. The van der Waals surface area contributed by atoms with E-state index in [-0.39, 0.29) is 30.1 Å². The Kier molecular flexibility index (Phi) is 12.4. The van der Waals surface area contributed by atoms with Crippen molar-refractivity contribution < 1.29 is 4.74 Å². The largest absolute Gasteiger partial charge is 0.475 e. The van der Waals surface area contributed by atoms with E-state index in [2.05, 4.69) is 25.5 Å². The lowest BCUT2D eigenvalue weighted by molar-refractivity contribution is 0.232. The number of pyridine rings is 1.